The van der Waals surface area contributed by atoms with E-state index in [2.05, 4.69) is 5.32 Å². The maximum Gasteiger partial charge on any atom is 0.244 e. The van der Waals surface area contributed by atoms with E-state index in [4.69, 9.17) is 0 Å². The number of nitrogens with one attached hydrogen (secondary N) is 1. The Labute approximate surface area is 231 Å². The van der Waals surface area contributed by atoms with E-state index in [0.29, 0.717) is 12.1 Å². The van der Waals surface area contributed by atoms with Gasteiger partial charge < -0.3 is 10.2 Å². The number of anilines is 1. The maximum absolute atomic E-state index is 14.1. The molecule has 1 unspecified atom stereocenters. The third-order valence-electron chi connectivity index (χ3n) is 7.30. The highest BCUT2D eigenvalue weighted by atomic mass is 32.2. The Morgan fingerprint density at radius 1 is 0.897 bits per heavy atom. The van der Waals surface area contributed by atoms with Crippen molar-refractivity contribution in [2.45, 2.75) is 57.7 Å². The first-order valence-corrected chi connectivity index (χ1v) is 15.3. The fourth-order valence-corrected chi connectivity index (χ4v) is 5.95. The fourth-order valence-electron chi connectivity index (χ4n) is 5.10. The van der Waals surface area contributed by atoms with Crippen molar-refractivity contribution >= 4 is 27.5 Å². The standard InChI is InChI=1S/C31H37N3O4S/c1-24-13-9-10-16-26(24)22-33(30(35)23-34(39(2,37)38)28-19-7-4-8-20-28)29(21-25-14-5-3-6-15-25)31(36)32-27-17-11-12-18-27/h3-10,13-16,19-20,27,29H,11-12,17-18,21-23H2,1-2H3,(H,32,36). The molecule has 2 amide bonds. The molecule has 3 aromatic rings. The Bertz CT molecular complexity index is 1360. The van der Waals surface area contributed by atoms with Gasteiger partial charge in [-0.05, 0) is 48.6 Å². The lowest BCUT2D eigenvalue weighted by atomic mass is 10.0. The third-order valence-corrected chi connectivity index (χ3v) is 8.44. The molecule has 39 heavy (non-hydrogen) atoms. The largest absolute Gasteiger partial charge is 0.352 e. The second kappa shape index (κ2) is 12.9. The molecule has 3 aromatic carbocycles. The van der Waals surface area contributed by atoms with E-state index < -0.39 is 28.5 Å². The predicted molar refractivity (Wildman–Crippen MR) is 155 cm³/mol. The number of carbonyl (C=O) groups is 2. The van der Waals surface area contributed by atoms with Gasteiger partial charge >= 0.3 is 0 Å². The zero-order chi connectivity index (χ0) is 27.8. The summed E-state index contributed by atoms with van der Waals surface area (Å²) in [5.41, 5.74) is 3.23. The molecule has 1 atom stereocenters. The highest BCUT2D eigenvalue weighted by Gasteiger charge is 2.34. The summed E-state index contributed by atoms with van der Waals surface area (Å²) in [6, 6.07) is 25.2. The lowest BCUT2D eigenvalue weighted by Gasteiger charge is -2.34. The van der Waals surface area contributed by atoms with Crippen molar-refractivity contribution in [3.8, 4) is 0 Å². The van der Waals surface area contributed by atoms with Crippen LogP contribution in [0.4, 0.5) is 5.69 Å². The lowest BCUT2D eigenvalue weighted by molar-refractivity contribution is -0.140. The molecule has 1 N–H and O–H groups in total. The minimum atomic E-state index is -3.77. The van der Waals surface area contributed by atoms with Crippen LogP contribution >= 0.6 is 0 Å². The second-order valence-electron chi connectivity index (χ2n) is 10.2. The molecule has 0 saturated heterocycles. The first-order valence-electron chi connectivity index (χ1n) is 13.4. The topological polar surface area (TPSA) is 86.8 Å². The SMILES string of the molecule is Cc1ccccc1CN(C(=O)CN(c1ccccc1)S(C)(=O)=O)C(Cc1ccccc1)C(=O)NC1CCCC1. The summed E-state index contributed by atoms with van der Waals surface area (Å²) in [7, 11) is -3.77. The van der Waals surface area contributed by atoms with E-state index in [1.165, 1.54) is 0 Å². The number of hydrogen-bond acceptors (Lipinski definition) is 4. The van der Waals surface area contributed by atoms with Crippen LogP contribution in [0, 0.1) is 6.92 Å². The van der Waals surface area contributed by atoms with Gasteiger partial charge in [0.2, 0.25) is 21.8 Å². The Balaban J connectivity index is 1.72. The summed E-state index contributed by atoms with van der Waals surface area (Å²) in [5.74, 6) is -0.645. The zero-order valence-electron chi connectivity index (χ0n) is 22.6. The van der Waals surface area contributed by atoms with Crippen molar-refractivity contribution in [3.05, 3.63) is 102 Å². The molecule has 0 aromatic heterocycles. The van der Waals surface area contributed by atoms with Crippen molar-refractivity contribution in [2.75, 3.05) is 17.1 Å². The molecule has 1 aliphatic carbocycles. The summed E-state index contributed by atoms with van der Waals surface area (Å²) in [5, 5.41) is 3.19. The minimum Gasteiger partial charge on any atom is -0.352 e. The van der Waals surface area contributed by atoms with Crippen LogP contribution in [0.1, 0.15) is 42.4 Å². The molecule has 0 radical (unpaired) electrons. The van der Waals surface area contributed by atoms with E-state index in [1.54, 1.807) is 35.2 Å². The predicted octanol–water partition coefficient (Wildman–Crippen LogP) is 4.46. The van der Waals surface area contributed by atoms with E-state index in [1.807, 2.05) is 61.5 Å². The maximum atomic E-state index is 14.1. The molecule has 1 fully saturated rings. The van der Waals surface area contributed by atoms with Crippen LogP contribution in [0.25, 0.3) is 0 Å². The van der Waals surface area contributed by atoms with Crippen molar-refractivity contribution in [2.24, 2.45) is 0 Å². The minimum absolute atomic E-state index is 0.0861. The molecular weight excluding hydrogens is 510 g/mol. The summed E-state index contributed by atoms with van der Waals surface area (Å²) < 4.78 is 26.7. The van der Waals surface area contributed by atoms with Crippen LogP contribution < -0.4 is 9.62 Å². The van der Waals surface area contributed by atoms with Gasteiger partial charge in [-0.15, -0.1) is 0 Å². The monoisotopic (exact) mass is 547 g/mol. The number of rotatable bonds is 11. The van der Waals surface area contributed by atoms with Gasteiger partial charge in [0.15, 0.2) is 0 Å². The van der Waals surface area contributed by atoms with Crippen LogP contribution in [0.3, 0.4) is 0 Å². The summed E-state index contributed by atoms with van der Waals surface area (Å²) in [6.45, 7) is 1.75. The van der Waals surface area contributed by atoms with Gasteiger partial charge in [-0.25, -0.2) is 8.42 Å². The summed E-state index contributed by atoms with van der Waals surface area (Å²) in [6.07, 6.45) is 5.40. The molecule has 8 heteroatoms. The van der Waals surface area contributed by atoms with Crippen molar-refractivity contribution < 1.29 is 18.0 Å². The van der Waals surface area contributed by atoms with E-state index >= 15 is 0 Å². The molecule has 1 saturated carbocycles. The first kappa shape index (κ1) is 28.4. The van der Waals surface area contributed by atoms with E-state index in [9.17, 15) is 18.0 Å². The van der Waals surface area contributed by atoms with Gasteiger partial charge in [0.1, 0.15) is 12.6 Å². The molecule has 7 nitrogen and oxygen atoms in total. The zero-order valence-corrected chi connectivity index (χ0v) is 23.4. The van der Waals surface area contributed by atoms with Crippen molar-refractivity contribution in [1.82, 2.24) is 10.2 Å². The highest BCUT2D eigenvalue weighted by Crippen LogP contribution is 2.22. The average Bonchev–Trinajstić information content (AvgIpc) is 3.43. The molecule has 0 bridgehead atoms. The normalized spacial score (nSPS) is 14.5. The van der Waals surface area contributed by atoms with Crippen LogP contribution in [-0.2, 0) is 32.6 Å². The van der Waals surface area contributed by atoms with Crippen LogP contribution in [0.2, 0.25) is 0 Å². The molecule has 0 heterocycles. The van der Waals surface area contributed by atoms with Gasteiger partial charge in [-0.1, -0.05) is 85.6 Å². The van der Waals surface area contributed by atoms with Gasteiger partial charge in [-0.3, -0.25) is 13.9 Å². The number of aryl methyl sites for hydroxylation is 1. The number of para-hydroxylation sites is 1. The van der Waals surface area contributed by atoms with Crippen molar-refractivity contribution in [1.29, 1.82) is 0 Å². The first-order chi connectivity index (χ1) is 18.7. The van der Waals surface area contributed by atoms with Gasteiger partial charge in [0.25, 0.3) is 0 Å². The van der Waals surface area contributed by atoms with Gasteiger partial charge in [-0.2, -0.15) is 0 Å². The Kier molecular flexibility index (Phi) is 9.41. The highest BCUT2D eigenvalue weighted by molar-refractivity contribution is 7.92. The molecule has 0 spiro atoms. The third kappa shape index (κ3) is 7.69. The summed E-state index contributed by atoms with van der Waals surface area (Å²) in [4.78, 5) is 29.5. The number of benzene rings is 3. The Hall–Kier alpha value is -3.65. The lowest BCUT2D eigenvalue weighted by Crippen LogP contribution is -2.54. The van der Waals surface area contributed by atoms with Crippen LogP contribution in [-0.4, -0.2) is 50.0 Å². The second-order valence-corrected chi connectivity index (χ2v) is 12.2. The molecule has 0 aliphatic heterocycles. The molecule has 4 rings (SSSR count). The van der Waals surface area contributed by atoms with E-state index in [-0.39, 0.29) is 18.5 Å². The van der Waals surface area contributed by atoms with Crippen LogP contribution in [0.15, 0.2) is 84.9 Å². The van der Waals surface area contributed by atoms with Gasteiger partial charge in [0.05, 0.1) is 11.9 Å². The Morgan fingerprint density at radius 2 is 1.49 bits per heavy atom. The summed E-state index contributed by atoms with van der Waals surface area (Å²) >= 11 is 0. The van der Waals surface area contributed by atoms with Gasteiger partial charge in [0, 0.05) is 19.0 Å². The number of hydrogen-bond donors (Lipinski definition) is 1. The smallest absolute Gasteiger partial charge is 0.244 e. The van der Waals surface area contributed by atoms with Crippen molar-refractivity contribution in [3.63, 3.8) is 0 Å². The Morgan fingerprint density at radius 3 is 2.10 bits per heavy atom. The number of sulfonamides is 1. The number of amides is 2. The average molecular weight is 548 g/mol. The quantitative estimate of drug-likeness (QED) is 0.384. The molecule has 1 aliphatic rings. The molecular formula is C31H37N3O4S. The fraction of sp³-hybridized carbons (Fsp3) is 0.355. The number of nitrogens with zero attached hydrogens (tertiary/aromatic N) is 2. The van der Waals surface area contributed by atoms with Crippen LogP contribution in [0.5, 0.6) is 0 Å². The van der Waals surface area contributed by atoms with E-state index in [0.717, 1.165) is 52.9 Å². The number of carbonyl (C=O) groups excluding carboxylic acids is 2. The molecule has 206 valence electrons.